The van der Waals surface area contributed by atoms with Crippen molar-refractivity contribution in [3.05, 3.63) is 41.2 Å². The second kappa shape index (κ2) is 9.13. The normalized spacial score (nSPS) is 18.8. The largest absolute Gasteiger partial charge is 0.339 e. The quantitative estimate of drug-likeness (QED) is 0.745. The van der Waals surface area contributed by atoms with Gasteiger partial charge in [-0.3, -0.25) is 9.59 Å². The molecule has 0 aromatic heterocycles. The van der Waals surface area contributed by atoms with E-state index in [9.17, 15) is 14.0 Å². The number of nitrogens with zero attached hydrogens (tertiary/aromatic N) is 3. The standard InChI is InChI=1S/C21H28FN3O2/c1-17(16-18-6-2-3-7-19(18)22)21(27)25-14-12-24(13-15-25)20(26)8-11-23-9-4-5-10-23/h2-3,6-7,16H,4-5,8-15H2,1H3/b17-16+. The molecule has 0 aliphatic carbocycles. The second-order valence-corrected chi connectivity index (χ2v) is 7.32. The molecular formula is C21H28FN3O2. The minimum Gasteiger partial charge on any atom is -0.339 e. The molecule has 0 spiro atoms. The zero-order valence-corrected chi connectivity index (χ0v) is 16.0. The first kappa shape index (κ1) is 19.5. The molecule has 5 nitrogen and oxygen atoms in total. The Bertz CT molecular complexity index is 705. The molecule has 0 bridgehead atoms. The summed E-state index contributed by atoms with van der Waals surface area (Å²) in [6.45, 7) is 6.93. The third kappa shape index (κ3) is 5.16. The molecule has 27 heavy (non-hydrogen) atoms. The number of carbonyl (C=O) groups excluding carboxylic acids is 2. The van der Waals surface area contributed by atoms with E-state index in [1.165, 1.54) is 18.9 Å². The Hall–Kier alpha value is -2.21. The first-order valence-corrected chi connectivity index (χ1v) is 9.77. The molecule has 1 aromatic carbocycles. The van der Waals surface area contributed by atoms with Gasteiger partial charge in [0.1, 0.15) is 5.82 Å². The Morgan fingerprint density at radius 1 is 1.00 bits per heavy atom. The molecule has 2 aliphatic heterocycles. The van der Waals surface area contributed by atoms with Crippen LogP contribution in [0.5, 0.6) is 0 Å². The molecule has 146 valence electrons. The zero-order valence-electron chi connectivity index (χ0n) is 16.0. The lowest BCUT2D eigenvalue weighted by atomic mass is 10.1. The van der Waals surface area contributed by atoms with Gasteiger partial charge < -0.3 is 14.7 Å². The second-order valence-electron chi connectivity index (χ2n) is 7.32. The zero-order chi connectivity index (χ0) is 19.2. The van der Waals surface area contributed by atoms with Crippen molar-refractivity contribution in [3.63, 3.8) is 0 Å². The summed E-state index contributed by atoms with van der Waals surface area (Å²) < 4.78 is 13.8. The third-order valence-electron chi connectivity index (χ3n) is 5.37. The fourth-order valence-electron chi connectivity index (χ4n) is 3.71. The van der Waals surface area contributed by atoms with Crippen LogP contribution in [0.3, 0.4) is 0 Å². The van der Waals surface area contributed by atoms with E-state index in [-0.39, 0.29) is 17.6 Å². The number of hydrogen-bond acceptors (Lipinski definition) is 3. The molecule has 2 aliphatic rings. The minimum atomic E-state index is -0.335. The molecular weight excluding hydrogens is 345 g/mol. The number of halogens is 1. The van der Waals surface area contributed by atoms with E-state index in [0.717, 1.165) is 19.6 Å². The van der Waals surface area contributed by atoms with E-state index in [0.29, 0.717) is 43.7 Å². The third-order valence-corrected chi connectivity index (χ3v) is 5.37. The SMILES string of the molecule is C/C(=C\c1ccccc1F)C(=O)N1CCN(C(=O)CCN2CCCC2)CC1. The highest BCUT2D eigenvalue weighted by atomic mass is 19.1. The maximum atomic E-state index is 13.8. The van der Waals surface area contributed by atoms with Crippen molar-refractivity contribution in [2.45, 2.75) is 26.2 Å². The Balaban J connectivity index is 1.48. The number of likely N-dealkylation sites (tertiary alicyclic amines) is 1. The number of rotatable bonds is 5. The van der Waals surface area contributed by atoms with Crippen molar-refractivity contribution in [2.75, 3.05) is 45.8 Å². The summed E-state index contributed by atoms with van der Waals surface area (Å²) in [6.07, 6.45) is 4.61. The number of carbonyl (C=O) groups is 2. The summed E-state index contributed by atoms with van der Waals surface area (Å²) in [7, 11) is 0. The van der Waals surface area contributed by atoms with Crippen LogP contribution < -0.4 is 0 Å². The summed E-state index contributed by atoms with van der Waals surface area (Å²) in [5, 5.41) is 0. The van der Waals surface area contributed by atoms with Gasteiger partial charge in [0.05, 0.1) is 0 Å². The monoisotopic (exact) mass is 373 g/mol. The lowest BCUT2D eigenvalue weighted by Crippen LogP contribution is -2.51. The van der Waals surface area contributed by atoms with Crippen molar-refractivity contribution in [1.29, 1.82) is 0 Å². The van der Waals surface area contributed by atoms with Crippen LogP contribution >= 0.6 is 0 Å². The van der Waals surface area contributed by atoms with Crippen LogP contribution in [0.15, 0.2) is 29.8 Å². The van der Waals surface area contributed by atoms with Gasteiger partial charge in [-0.05, 0) is 45.0 Å². The molecule has 0 atom stereocenters. The van der Waals surface area contributed by atoms with Crippen LogP contribution in [0.2, 0.25) is 0 Å². The van der Waals surface area contributed by atoms with Gasteiger partial charge >= 0.3 is 0 Å². The summed E-state index contributed by atoms with van der Waals surface area (Å²) >= 11 is 0. The average Bonchev–Trinajstić information content (AvgIpc) is 3.21. The van der Waals surface area contributed by atoms with Crippen molar-refractivity contribution < 1.29 is 14.0 Å². The average molecular weight is 373 g/mol. The molecule has 2 saturated heterocycles. The van der Waals surface area contributed by atoms with Crippen LogP contribution in [-0.2, 0) is 9.59 Å². The lowest BCUT2D eigenvalue weighted by molar-refractivity contribution is -0.137. The Labute approximate surface area is 160 Å². The summed E-state index contributed by atoms with van der Waals surface area (Å²) in [5.41, 5.74) is 0.924. The van der Waals surface area contributed by atoms with Crippen molar-refractivity contribution in [2.24, 2.45) is 0 Å². The summed E-state index contributed by atoms with van der Waals surface area (Å²) in [4.78, 5) is 30.9. The van der Waals surface area contributed by atoms with E-state index in [1.54, 1.807) is 36.1 Å². The summed E-state index contributed by atoms with van der Waals surface area (Å²) in [5.74, 6) is -0.256. The first-order valence-electron chi connectivity index (χ1n) is 9.77. The Kier molecular flexibility index (Phi) is 6.61. The molecule has 3 rings (SSSR count). The first-order chi connectivity index (χ1) is 13.0. The molecule has 6 heteroatoms. The molecule has 0 radical (unpaired) electrons. The van der Waals surface area contributed by atoms with E-state index in [2.05, 4.69) is 4.90 Å². The fourth-order valence-corrected chi connectivity index (χ4v) is 3.71. The highest BCUT2D eigenvalue weighted by Gasteiger charge is 2.25. The number of piperazine rings is 1. The predicted molar refractivity (Wildman–Crippen MR) is 104 cm³/mol. The van der Waals surface area contributed by atoms with Crippen molar-refractivity contribution >= 4 is 17.9 Å². The molecule has 1 aromatic rings. The molecule has 2 heterocycles. The fraction of sp³-hybridized carbons (Fsp3) is 0.524. The van der Waals surface area contributed by atoms with Crippen LogP contribution in [0.1, 0.15) is 31.7 Å². The number of amides is 2. The van der Waals surface area contributed by atoms with Gasteiger partial charge in [-0.25, -0.2) is 4.39 Å². The molecule has 2 amide bonds. The number of benzene rings is 1. The smallest absolute Gasteiger partial charge is 0.249 e. The van der Waals surface area contributed by atoms with Gasteiger partial charge in [-0.15, -0.1) is 0 Å². The highest BCUT2D eigenvalue weighted by Crippen LogP contribution is 2.15. The van der Waals surface area contributed by atoms with E-state index < -0.39 is 0 Å². The minimum absolute atomic E-state index is 0.0950. The van der Waals surface area contributed by atoms with E-state index in [1.807, 2.05) is 4.90 Å². The van der Waals surface area contributed by atoms with E-state index >= 15 is 0 Å². The molecule has 0 N–H and O–H groups in total. The van der Waals surface area contributed by atoms with Gasteiger partial charge in [0.2, 0.25) is 11.8 Å². The van der Waals surface area contributed by atoms with Gasteiger partial charge in [-0.1, -0.05) is 18.2 Å². The lowest BCUT2D eigenvalue weighted by Gasteiger charge is -2.35. The van der Waals surface area contributed by atoms with Crippen LogP contribution in [0, 0.1) is 5.82 Å². The Morgan fingerprint density at radius 2 is 1.63 bits per heavy atom. The number of hydrogen-bond donors (Lipinski definition) is 0. The highest BCUT2D eigenvalue weighted by molar-refractivity contribution is 5.97. The topological polar surface area (TPSA) is 43.9 Å². The van der Waals surface area contributed by atoms with Crippen molar-refractivity contribution in [1.82, 2.24) is 14.7 Å². The van der Waals surface area contributed by atoms with E-state index in [4.69, 9.17) is 0 Å². The maximum absolute atomic E-state index is 13.8. The maximum Gasteiger partial charge on any atom is 0.249 e. The van der Waals surface area contributed by atoms with Gasteiger partial charge in [0.15, 0.2) is 0 Å². The molecule has 0 saturated carbocycles. The van der Waals surface area contributed by atoms with Gasteiger partial charge in [0.25, 0.3) is 0 Å². The predicted octanol–water partition coefficient (Wildman–Crippen LogP) is 2.39. The van der Waals surface area contributed by atoms with Crippen LogP contribution in [-0.4, -0.2) is 72.3 Å². The summed E-state index contributed by atoms with van der Waals surface area (Å²) in [6, 6.07) is 6.42. The molecule has 0 unspecified atom stereocenters. The Morgan fingerprint density at radius 3 is 2.30 bits per heavy atom. The van der Waals surface area contributed by atoms with Crippen LogP contribution in [0.25, 0.3) is 6.08 Å². The van der Waals surface area contributed by atoms with Gasteiger partial charge in [-0.2, -0.15) is 0 Å². The van der Waals surface area contributed by atoms with Crippen LogP contribution in [0.4, 0.5) is 4.39 Å². The van der Waals surface area contributed by atoms with Crippen molar-refractivity contribution in [3.8, 4) is 0 Å². The molecule has 2 fully saturated rings. The van der Waals surface area contributed by atoms with Gasteiger partial charge in [0, 0.05) is 50.3 Å².